The number of anilines is 1. The lowest BCUT2D eigenvalue weighted by Gasteiger charge is -2.14. The van der Waals surface area contributed by atoms with Gasteiger partial charge < -0.3 is 15.4 Å². The molecule has 1 unspecified atom stereocenters. The minimum absolute atomic E-state index is 0.0389. The number of hydrogen-bond acceptors (Lipinski definition) is 5. The number of rotatable bonds is 5. The fourth-order valence-electron chi connectivity index (χ4n) is 1.38. The maximum atomic E-state index is 11.7. The molecule has 2 rings (SSSR count). The monoisotopic (exact) mass is 314 g/mol. The number of aromatic nitrogens is 2. The molecule has 1 heterocycles. The van der Waals surface area contributed by atoms with Crippen LogP contribution in [0.5, 0.6) is 5.88 Å². The van der Waals surface area contributed by atoms with Crippen molar-refractivity contribution in [2.24, 2.45) is 0 Å². The number of carbonyl (C=O) groups excluding carboxylic acids is 1. The van der Waals surface area contributed by atoms with E-state index in [1.807, 2.05) is 0 Å². The normalized spacial score (nSPS) is 15.9. The van der Waals surface area contributed by atoms with E-state index in [1.54, 1.807) is 13.1 Å². The smallest absolute Gasteiger partial charge is 0.242 e. The highest BCUT2D eigenvalue weighted by molar-refractivity contribution is 9.10. The Bertz CT molecular complexity index is 451. The Morgan fingerprint density at radius 3 is 2.94 bits per heavy atom. The van der Waals surface area contributed by atoms with Crippen LogP contribution in [0.4, 0.5) is 5.95 Å². The molecule has 1 fully saturated rings. The van der Waals surface area contributed by atoms with Gasteiger partial charge in [-0.15, -0.1) is 0 Å². The molecule has 7 heteroatoms. The predicted molar refractivity (Wildman–Crippen MR) is 70.5 cm³/mol. The SMILES string of the molecule is COc1nc(NC(C)C(=O)NC2CC2)ncc1Br. The van der Waals surface area contributed by atoms with Crippen molar-refractivity contribution in [3.05, 3.63) is 10.7 Å². The summed E-state index contributed by atoms with van der Waals surface area (Å²) in [6, 6.07) is -0.0291. The third-order valence-electron chi connectivity index (χ3n) is 2.57. The molecular weight excluding hydrogens is 300 g/mol. The van der Waals surface area contributed by atoms with Gasteiger partial charge in [-0.25, -0.2) is 4.98 Å². The van der Waals surface area contributed by atoms with Crippen LogP contribution < -0.4 is 15.4 Å². The molecule has 98 valence electrons. The van der Waals surface area contributed by atoms with Crippen molar-refractivity contribution in [3.63, 3.8) is 0 Å². The van der Waals surface area contributed by atoms with Crippen molar-refractivity contribution in [3.8, 4) is 5.88 Å². The van der Waals surface area contributed by atoms with Crippen LogP contribution in [0.3, 0.4) is 0 Å². The van der Waals surface area contributed by atoms with Gasteiger partial charge in [0.2, 0.25) is 17.7 Å². The van der Waals surface area contributed by atoms with Crippen LogP contribution in [0, 0.1) is 0 Å². The first-order valence-electron chi connectivity index (χ1n) is 5.73. The highest BCUT2D eigenvalue weighted by atomic mass is 79.9. The molecule has 1 aromatic rings. The van der Waals surface area contributed by atoms with E-state index < -0.39 is 0 Å². The molecule has 1 amide bonds. The molecule has 1 aliphatic carbocycles. The third kappa shape index (κ3) is 3.32. The molecule has 0 spiro atoms. The Balaban J connectivity index is 1.96. The van der Waals surface area contributed by atoms with Crippen molar-refractivity contribution in [2.75, 3.05) is 12.4 Å². The topological polar surface area (TPSA) is 76.1 Å². The zero-order chi connectivity index (χ0) is 13.1. The second-order valence-corrected chi connectivity index (χ2v) is 5.05. The molecule has 2 N–H and O–H groups in total. The maximum absolute atomic E-state index is 11.7. The Labute approximate surface area is 114 Å². The van der Waals surface area contributed by atoms with Gasteiger partial charge in [0.15, 0.2) is 0 Å². The van der Waals surface area contributed by atoms with Crippen LogP contribution in [0.25, 0.3) is 0 Å². The molecule has 0 aliphatic heterocycles. The number of halogens is 1. The molecule has 18 heavy (non-hydrogen) atoms. The third-order valence-corrected chi connectivity index (χ3v) is 3.11. The number of amides is 1. The molecule has 1 atom stereocenters. The van der Waals surface area contributed by atoms with Gasteiger partial charge in [0.05, 0.1) is 17.8 Å². The first-order valence-corrected chi connectivity index (χ1v) is 6.53. The lowest BCUT2D eigenvalue weighted by Crippen LogP contribution is -2.39. The van der Waals surface area contributed by atoms with Crippen LogP contribution >= 0.6 is 15.9 Å². The molecule has 0 radical (unpaired) electrons. The van der Waals surface area contributed by atoms with Crippen molar-refractivity contribution in [1.82, 2.24) is 15.3 Å². The van der Waals surface area contributed by atoms with E-state index in [0.29, 0.717) is 22.3 Å². The van der Waals surface area contributed by atoms with Crippen molar-refractivity contribution in [2.45, 2.75) is 31.8 Å². The number of carbonyl (C=O) groups is 1. The lowest BCUT2D eigenvalue weighted by molar-refractivity contribution is -0.121. The van der Waals surface area contributed by atoms with Gasteiger partial charge in [-0.3, -0.25) is 4.79 Å². The standard InChI is InChI=1S/C11H15BrN4O2/c1-6(9(17)15-7-3-4-7)14-11-13-5-8(12)10(16-11)18-2/h5-7H,3-4H2,1-2H3,(H,15,17)(H,13,14,16). The van der Waals surface area contributed by atoms with E-state index in [-0.39, 0.29) is 11.9 Å². The minimum atomic E-state index is -0.378. The molecule has 0 saturated heterocycles. The Kier molecular flexibility index (Phi) is 4.00. The average Bonchev–Trinajstić information content (AvgIpc) is 3.15. The van der Waals surface area contributed by atoms with Crippen LogP contribution in [0.2, 0.25) is 0 Å². The summed E-state index contributed by atoms with van der Waals surface area (Å²) < 4.78 is 5.74. The van der Waals surface area contributed by atoms with E-state index in [2.05, 4.69) is 36.5 Å². The number of methoxy groups -OCH3 is 1. The lowest BCUT2D eigenvalue weighted by atomic mass is 10.3. The van der Waals surface area contributed by atoms with Gasteiger partial charge in [0.1, 0.15) is 6.04 Å². The molecule has 6 nitrogen and oxygen atoms in total. The maximum Gasteiger partial charge on any atom is 0.242 e. The summed E-state index contributed by atoms with van der Waals surface area (Å²) in [5, 5.41) is 5.86. The zero-order valence-corrected chi connectivity index (χ0v) is 11.8. The van der Waals surface area contributed by atoms with Gasteiger partial charge in [0, 0.05) is 6.04 Å². The van der Waals surface area contributed by atoms with Crippen molar-refractivity contribution < 1.29 is 9.53 Å². The van der Waals surface area contributed by atoms with E-state index >= 15 is 0 Å². The molecule has 1 aliphatic rings. The van der Waals surface area contributed by atoms with Gasteiger partial charge in [0.25, 0.3) is 0 Å². The quantitative estimate of drug-likeness (QED) is 0.857. The van der Waals surface area contributed by atoms with Crippen LogP contribution in [-0.2, 0) is 4.79 Å². The molecule has 0 aromatic carbocycles. The summed E-state index contributed by atoms with van der Waals surface area (Å²) in [6.45, 7) is 1.77. The fraction of sp³-hybridized carbons (Fsp3) is 0.545. The van der Waals surface area contributed by atoms with E-state index in [4.69, 9.17) is 4.74 Å². The summed E-state index contributed by atoms with van der Waals surface area (Å²) in [7, 11) is 1.53. The number of hydrogen-bond donors (Lipinski definition) is 2. The zero-order valence-electron chi connectivity index (χ0n) is 10.2. The average molecular weight is 315 g/mol. The van der Waals surface area contributed by atoms with E-state index in [1.165, 1.54) is 7.11 Å². The van der Waals surface area contributed by atoms with Crippen LogP contribution in [0.1, 0.15) is 19.8 Å². The predicted octanol–water partition coefficient (Wildman–Crippen LogP) is 1.33. The summed E-state index contributed by atoms with van der Waals surface area (Å²) in [6.07, 6.45) is 3.72. The van der Waals surface area contributed by atoms with Crippen LogP contribution in [0.15, 0.2) is 10.7 Å². The number of nitrogens with zero attached hydrogens (tertiary/aromatic N) is 2. The second kappa shape index (κ2) is 5.51. The highest BCUT2D eigenvalue weighted by Crippen LogP contribution is 2.22. The summed E-state index contributed by atoms with van der Waals surface area (Å²) in [5.74, 6) is 0.763. The first kappa shape index (κ1) is 13.1. The number of ether oxygens (including phenoxy) is 1. The van der Waals surface area contributed by atoms with Crippen LogP contribution in [-0.4, -0.2) is 35.1 Å². The Hall–Kier alpha value is -1.37. The molecule has 1 saturated carbocycles. The van der Waals surface area contributed by atoms with Crippen molar-refractivity contribution in [1.29, 1.82) is 0 Å². The van der Waals surface area contributed by atoms with Gasteiger partial charge in [-0.1, -0.05) is 0 Å². The van der Waals surface area contributed by atoms with Gasteiger partial charge >= 0.3 is 0 Å². The largest absolute Gasteiger partial charge is 0.480 e. The minimum Gasteiger partial charge on any atom is -0.480 e. The summed E-state index contributed by atoms with van der Waals surface area (Å²) in [4.78, 5) is 20.0. The van der Waals surface area contributed by atoms with E-state index in [9.17, 15) is 4.79 Å². The molecule has 0 bridgehead atoms. The summed E-state index contributed by atoms with van der Waals surface area (Å²) >= 11 is 3.27. The Morgan fingerprint density at radius 2 is 2.33 bits per heavy atom. The molecule has 1 aromatic heterocycles. The molecular formula is C11H15BrN4O2. The number of nitrogens with one attached hydrogen (secondary N) is 2. The second-order valence-electron chi connectivity index (χ2n) is 4.20. The Morgan fingerprint density at radius 1 is 1.61 bits per heavy atom. The van der Waals surface area contributed by atoms with Crippen molar-refractivity contribution >= 4 is 27.8 Å². The highest BCUT2D eigenvalue weighted by Gasteiger charge is 2.25. The fourth-order valence-corrected chi connectivity index (χ4v) is 1.73. The van der Waals surface area contributed by atoms with E-state index in [0.717, 1.165) is 12.8 Å². The first-order chi connectivity index (χ1) is 8.60. The van der Waals surface area contributed by atoms with Gasteiger partial charge in [-0.05, 0) is 35.7 Å². The van der Waals surface area contributed by atoms with Gasteiger partial charge in [-0.2, -0.15) is 4.98 Å². The summed E-state index contributed by atoms with van der Waals surface area (Å²) in [5.41, 5.74) is 0.